The summed E-state index contributed by atoms with van der Waals surface area (Å²) in [5.74, 6) is -2.23. The first-order valence-corrected chi connectivity index (χ1v) is 19.7. The van der Waals surface area contributed by atoms with Gasteiger partial charge in [0.1, 0.15) is 18.8 Å². The quantitative estimate of drug-likeness (QED) is 0.0508. The molecule has 0 saturated heterocycles. The van der Waals surface area contributed by atoms with Crippen LogP contribution < -0.4 is 10.4 Å². The summed E-state index contributed by atoms with van der Waals surface area (Å²) in [7, 11) is -3.41. The van der Waals surface area contributed by atoms with Gasteiger partial charge in [-0.15, -0.1) is 0 Å². The van der Waals surface area contributed by atoms with Crippen molar-refractivity contribution in [1.82, 2.24) is 0 Å². The molecule has 0 N–H and O–H groups in total. The van der Waals surface area contributed by atoms with Crippen LogP contribution in [0.15, 0.2) is 121 Å². The lowest BCUT2D eigenvalue weighted by atomic mass is 9.86. The average Bonchev–Trinajstić information content (AvgIpc) is 3.15. The molecule has 4 aromatic rings. The zero-order valence-electron chi connectivity index (χ0n) is 31.8. The molecule has 0 saturated carbocycles. The molecular weight excluding hydrogens is 705 g/mol. The molecule has 4 aromatic carbocycles. The molecule has 0 unspecified atom stereocenters. The Labute approximate surface area is 318 Å². The van der Waals surface area contributed by atoms with Crippen molar-refractivity contribution in [3.05, 3.63) is 132 Å². The third-order valence-electron chi connectivity index (χ3n) is 9.03. The van der Waals surface area contributed by atoms with Crippen molar-refractivity contribution in [2.75, 3.05) is 13.2 Å². The lowest BCUT2D eigenvalue weighted by Crippen LogP contribution is -2.71. The predicted octanol–water partition coefficient (Wildman–Crippen LogP) is 5.73. The second-order valence-corrected chi connectivity index (χ2v) is 18.3. The Kier molecular flexibility index (Phi) is 15.0. The highest BCUT2D eigenvalue weighted by molar-refractivity contribution is 6.99. The van der Waals surface area contributed by atoms with Gasteiger partial charge in [-0.2, -0.15) is 0 Å². The van der Waals surface area contributed by atoms with Crippen LogP contribution in [0.25, 0.3) is 0 Å². The Hall–Kier alpha value is -4.94. The maximum Gasteiger partial charge on any atom is 0.303 e. The van der Waals surface area contributed by atoms with E-state index in [1.807, 2.05) is 121 Å². The van der Waals surface area contributed by atoms with Gasteiger partial charge in [0.05, 0.1) is 19.8 Å². The van der Waals surface area contributed by atoms with Crippen molar-refractivity contribution in [3.63, 3.8) is 0 Å². The molecule has 11 heteroatoms. The van der Waals surface area contributed by atoms with Crippen molar-refractivity contribution in [2.24, 2.45) is 0 Å². The zero-order valence-corrected chi connectivity index (χ0v) is 32.8. The summed E-state index contributed by atoms with van der Waals surface area (Å²) < 4.78 is 38.0. The van der Waals surface area contributed by atoms with E-state index >= 15 is 0 Å². The number of esters is 3. The molecular formula is C43H50O10Si. The maximum atomic E-state index is 13.4. The molecule has 0 radical (unpaired) electrons. The number of aldehydes is 1. The van der Waals surface area contributed by atoms with Crippen LogP contribution in [-0.2, 0) is 60.5 Å². The van der Waals surface area contributed by atoms with Gasteiger partial charge in [0, 0.05) is 20.8 Å². The fourth-order valence-electron chi connectivity index (χ4n) is 6.67. The Bertz CT molecular complexity index is 1740. The van der Waals surface area contributed by atoms with Crippen molar-refractivity contribution in [2.45, 2.75) is 83.7 Å². The number of benzene rings is 4. The minimum absolute atomic E-state index is 0.0106. The number of hydrogen-bond donors (Lipinski definition) is 0. The molecule has 0 aliphatic heterocycles. The van der Waals surface area contributed by atoms with E-state index in [4.69, 9.17) is 28.1 Å². The Morgan fingerprint density at radius 2 is 1.11 bits per heavy atom. The molecule has 10 nitrogen and oxygen atoms in total. The van der Waals surface area contributed by atoms with Crippen LogP contribution in [0.3, 0.4) is 0 Å². The van der Waals surface area contributed by atoms with Gasteiger partial charge in [0.2, 0.25) is 5.60 Å². The van der Waals surface area contributed by atoms with E-state index in [0.717, 1.165) is 21.5 Å². The predicted molar refractivity (Wildman–Crippen MR) is 206 cm³/mol. The molecule has 4 atom stereocenters. The van der Waals surface area contributed by atoms with Crippen LogP contribution in [0.4, 0.5) is 0 Å². The lowest BCUT2D eigenvalue weighted by molar-refractivity contribution is -0.245. The van der Waals surface area contributed by atoms with Crippen LogP contribution in [0.5, 0.6) is 0 Å². The van der Waals surface area contributed by atoms with Crippen molar-refractivity contribution in [3.8, 4) is 0 Å². The Morgan fingerprint density at radius 3 is 1.52 bits per heavy atom. The molecule has 54 heavy (non-hydrogen) atoms. The fourth-order valence-corrected chi connectivity index (χ4v) is 11.3. The van der Waals surface area contributed by atoms with Crippen molar-refractivity contribution < 1.29 is 47.3 Å². The highest BCUT2D eigenvalue weighted by Crippen LogP contribution is 2.40. The van der Waals surface area contributed by atoms with Gasteiger partial charge < -0.3 is 32.9 Å². The number of carbonyl (C=O) groups is 4. The van der Waals surface area contributed by atoms with Crippen LogP contribution in [0.1, 0.15) is 52.7 Å². The Morgan fingerprint density at radius 1 is 0.648 bits per heavy atom. The third kappa shape index (κ3) is 10.6. The number of carbonyl (C=O) groups excluding carboxylic acids is 4. The SMILES string of the molecule is CC(=O)OC[C@@H](OC(C)=O)[C@](CO[Si](c1ccccc1)(c1ccccc1)C(C)(C)C)(OC(C)=O)[C@H](OCc1ccccc1)[C@H](C=O)OCc1ccccc1. The standard InChI is InChI=1S/C43H50O10Si/c1-32(45)48-30-40(52-33(2)46)43(53-34(3)47,31-51-54(42(4,5)6,37-23-15-9-16-24-37)38-25-17-10-18-26-38)41(50-29-36-21-13-8-14-22-36)39(27-44)49-28-35-19-11-7-12-20-35/h7-27,39-41H,28-31H2,1-6H3/t39-,40+,41+,43-/m0/s1. The van der Waals surface area contributed by atoms with Gasteiger partial charge in [-0.1, -0.05) is 142 Å². The number of rotatable bonds is 19. The van der Waals surface area contributed by atoms with Gasteiger partial charge in [-0.25, -0.2) is 0 Å². The summed E-state index contributed by atoms with van der Waals surface area (Å²) >= 11 is 0. The lowest BCUT2D eigenvalue weighted by Gasteiger charge is -2.49. The third-order valence-corrected chi connectivity index (χ3v) is 14.0. The molecule has 0 bridgehead atoms. The molecule has 0 amide bonds. The summed E-state index contributed by atoms with van der Waals surface area (Å²) in [5.41, 5.74) is -0.620. The van der Waals surface area contributed by atoms with E-state index in [-0.39, 0.29) is 13.2 Å². The maximum absolute atomic E-state index is 13.4. The van der Waals surface area contributed by atoms with E-state index in [0.29, 0.717) is 6.29 Å². The molecule has 0 heterocycles. The highest BCUT2D eigenvalue weighted by atomic mass is 28.4. The van der Waals surface area contributed by atoms with Crippen LogP contribution in [0, 0.1) is 0 Å². The number of hydrogen-bond acceptors (Lipinski definition) is 10. The number of ether oxygens (including phenoxy) is 5. The van der Waals surface area contributed by atoms with Crippen molar-refractivity contribution in [1.29, 1.82) is 0 Å². The van der Waals surface area contributed by atoms with Crippen LogP contribution in [-0.4, -0.2) is 69.6 Å². The summed E-state index contributed by atoms with van der Waals surface area (Å²) in [6.07, 6.45) is -3.84. The van der Waals surface area contributed by atoms with Gasteiger partial charge in [0.15, 0.2) is 12.4 Å². The van der Waals surface area contributed by atoms with Gasteiger partial charge in [-0.3, -0.25) is 14.4 Å². The molecule has 0 aliphatic rings. The first-order chi connectivity index (χ1) is 25.8. The van der Waals surface area contributed by atoms with E-state index in [1.165, 1.54) is 20.8 Å². The smallest absolute Gasteiger partial charge is 0.303 e. The first kappa shape index (κ1) is 41.8. The second kappa shape index (κ2) is 19.4. The van der Waals surface area contributed by atoms with E-state index < -0.39 is 68.4 Å². The molecule has 286 valence electrons. The fraction of sp³-hybridized carbons (Fsp3) is 0.349. The zero-order chi connectivity index (χ0) is 39.2. The van der Waals surface area contributed by atoms with E-state index in [2.05, 4.69) is 20.8 Å². The molecule has 0 fully saturated rings. The van der Waals surface area contributed by atoms with Crippen molar-refractivity contribution >= 4 is 42.9 Å². The first-order valence-electron chi connectivity index (χ1n) is 17.8. The van der Waals surface area contributed by atoms with Crippen LogP contribution in [0.2, 0.25) is 5.04 Å². The minimum Gasteiger partial charge on any atom is -0.462 e. The second-order valence-electron chi connectivity index (χ2n) is 14.0. The largest absolute Gasteiger partial charge is 0.462 e. The van der Waals surface area contributed by atoms with Gasteiger partial charge in [-0.05, 0) is 26.5 Å². The Balaban J connectivity index is 2.01. The summed E-state index contributed by atoms with van der Waals surface area (Å²) in [5, 5.41) is 1.29. The highest BCUT2D eigenvalue weighted by Gasteiger charge is 2.59. The molecule has 0 spiro atoms. The summed E-state index contributed by atoms with van der Waals surface area (Å²) in [4.78, 5) is 51.9. The normalized spacial score (nSPS) is 14.5. The summed E-state index contributed by atoms with van der Waals surface area (Å²) in [6, 6.07) is 38.0. The monoisotopic (exact) mass is 754 g/mol. The average molecular weight is 755 g/mol. The van der Waals surface area contributed by atoms with Gasteiger partial charge in [0.25, 0.3) is 8.32 Å². The minimum atomic E-state index is -3.41. The molecule has 4 rings (SSSR count). The molecule has 0 aliphatic carbocycles. The van der Waals surface area contributed by atoms with Gasteiger partial charge >= 0.3 is 17.9 Å². The van der Waals surface area contributed by atoms with E-state index in [1.54, 1.807) is 0 Å². The molecule has 0 aromatic heterocycles. The van der Waals surface area contributed by atoms with E-state index in [9.17, 15) is 19.2 Å². The topological polar surface area (TPSA) is 124 Å². The van der Waals surface area contributed by atoms with Crippen LogP contribution >= 0.6 is 0 Å². The summed E-state index contributed by atoms with van der Waals surface area (Å²) in [6.45, 7) is 8.74.